The quantitative estimate of drug-likeness (QED) is 0.162. The zero-order valence-electron chi connectivity index (χ0n) is 33.5. The lowest BCUT2D eigenvalue weighted by atomic mass is 9.98. The monoisotopic (exact) mass is 824 g/mol. The first-order valence-electron chi connectivity index (χ1n) is 21.1. The number of hydrogen-bond acceptors (Lipinski definition) is 3. The Morgan fingerprint density at radius 3 is 1.66 bits per heavy atom. The van der Waals surface area contributed by atoms with Crippen LogP contribution in [0.25, 0.3) is 101 Å². The molecule has 0 fully saturated rings. The normalized spacial score (nSPS) is 11.9. The van der Waals surface area contributed by atoms with Gasteiger partial charge in [-0.25, -0.2) is 0 Å². The number of rotatable bonds is 6. The second-order valence-electron chi connectivity index (χ2n) is 16.1. The minimum Gasteiger partial charge on any atom is -0.309 e. The lowest BCUT2D eigenvalue weighted by Gasteiger charge is -2.28. The lowest BCUT2D eigenvalue weighted by Crippen LogP contribution is -2.11. The van der Waals surface area contributed by atoms with E-state index in [0.717, 1.165) is 5.69 Å². The van der Waals surface area contributed by atoms with Crippen LogP contribution in [-0.4, -0.2) is 4.57 Å². The first kappa shape index (κ1) is 35.3. The summed E-state index contributed by atoms with van der Waals surface area (Å²) in [5, 5.41) is 10.1. The van der Waals surface area contributed by atoms with Crippen LogP contribution in [0, 0.1) is 0 Å². The molecule has 13 aromatic rings. The van der Waals surface area contributed by atoms with E-state index in [0.29, 0.717) is 0 Å². The largest absolute Gasteiger partial charge is 0.309 e. The Labute approximate surface area is 366 Å². The summed E-state index contributed by atoms with van der Waals surface area (Å²) >= 11 is 3.77. The molecule has 3 aromatic heterocycles. The molecule has 3 heterocycles. The third-order valence-corrected chi connectivity index (χ3v) is 15.0. The number of aromatic nitrogens is 1. The molecule has 290 valence electrons. The standard InChI is InChI=1S/C58H36N2S2/c1-2-14-37(15-3-1)38-28-31-42(32-29-38)59-51-23-9-6-19-44(51)48-34-40(30-33-52(48)59)41-35-49-46-21-8-11-27-56(46)62-58(49)54(36-41)60(50-24-12-17-39-16-4-5-18-43(39)50)53-25-13-22-47-45-20-7-10-26-55(45)61-57(47)53/h1-36H. The van der Waals surface area contributed by atoms with E-state index < -0.39 is 0 Å². The van der Waals surface area contributed by atoms with Crippen molar-refractivity contribution in [3.63, 3.8) is 0 Å². The third-order valence-electron chi connectivity index (χ3n) is 12.6. The van der Waals surface area contributed by atoms with Gasteiger partial charge in [-0.2, -0.15) is 0 Å². The van der Waals surface area contributed by atoms with Crippen molar-refractivity contribution < 1.29 is 0 Å². The van der Waals surface area contributed by atoms with Crippen LogP contribution >= 0.6 is 22.7 Å². The Morgan fingerprint density at radius 1 is 0.306 bits per heavy atom. The zero-order valence-corrected chi connectivity index (χ0v) is 35.1. The average Bonchev–Trinajstić information content (AvgIpc) is 4.02. The van der Waals surface area contributed by atoms with Crippen molar-refractivity contribution in [1.82, 2.24) is 4.57 Å². The molecular formula is C58H36N2S2. The minimum atomic E-state index is 1.15. The molecule has 0 amide bonds. The molecule has 0 aliphatic rings. The molecule has 13 rings (SSSR count). The summed E-state index contributed by atoms with van der Waals surface area (Å²) in [7, 11) is 0. The van der Waals surface area contributed by atoms with Gasteiger partial charge >= 0.3 is 0 Å². The molecule has 0 saturated heterocycles. The van der Waals surface area contributed by atoms with Crippen LogP contribution < -0.4 is 4.90 Å². The molecular weight excluding hydrogens is 789 g/mol. The molecule has 2 nitrogen and oxygen atoms in total. The lowest BCUT2D eigenvalue weighted by molar-refractivity contribution is 1.18. The second-order valence-corrected chi connectivity index (χ2v) is 18.2. The Morgan fingerprint density at radius 2 is 0.855 bits per heavy atom. The van der Waals surface area contributed by atoms with Crippen LogP contribution in [0.15, 0.2) is 218 Å². The first-order chi connectivity index (χ1) is 30.7. The molecule has 0 aliphatic heterocycles. The maximum absolute atomic E-state index is 2.56. The van der Waals surface area contributed by atoms with Crippen LogP contribution in [0.2, 0.25) is 0 Å². The molecule has 0 saturated carbocycles. The van der Waals surface area contributed by atoms with Crippen LogP contribution in [0.3, 0.4) is 0 Å². The maximum atomic E-state index is 2.56. The van der Waals surface area contributed by atoms with Crippen LogP contribution in [-0.2, 0) is 0 Å². The van der Waals surface area contributed by atoms with Crippen LogP contribution in [0.4, 0.5) is 17.1 Å². The number of fused-ring (bicyclic) bond motifs is 10. The molecule has 0 radical (unpaired) electrons. The molecule has 0 N–H and O–H groups in total. The summed E-state index contributed by atoms with van der Waals surface area (Å²) in [6.45, 7) is 0. The fraction of sp³-hybridized carbons (Fsp3) is 0. The fourth-order valence-electron chi connectivity index (χ4n) is 9.71. The van der Waals surface area contributed by atoms with Gasteiger partial charge in [0.1, 0.15) is 0 Å². The Hall–Kier alpha value is -7.50. The Kier molecular flexibility index (Phi) is 7.99. The van der Waals surface area contributed by atoms with Crippen molar-refractivity contribution in [3.8, 4) is 27.9 Å². The van der Waals surface area contributed by atoms with Gasteiger partial charge in [0.05, 0.1) is 37.5 Å². The molecule has 4 heteroatoms. The molecule has 0 aliphatic carbocycles. The van der Waals surface area contributed by atoms with Gasteiger partial charge in [-0.15, -0.1) is 22.7 Å². The summed E-state index contributed by atoms with van der Waals surface area (Å²) in [4.78, 5) is 2.56. The summed E-state index contributed by atoms with van der Waals surface area (Å²) in [5.74, 6) is 0. The SMILES string of the molecule is c1ccc(-c2ccc(-n3c4ccccc4c4cc(-c5cc(N(c6cccc7ccccc67)c6cccc7c6sc6ccccc67)c6sc7ccccc7c6c5)ccc43)cc2)cc1. The van der Waals surface area contributed by atoms with Gasteiger partial charge in [-0.3, -0.25) is 0 Å². The van der Waals surface area contributed by atoms with Gasteiger partial charge < -0.3 is 9.47 Å². The van der Waals surface area contributed by atoms with Gasteiger partial charge in [-0.1, -0.05) is 152 Å². The van der Waals surface area contributed by atoms with E-state index in [1.165, 1.54) is 112 Å². The minimum absolute atomic E-state index is 1.15. The first-order valence-corrected chi connectivity index (χ1v) is 22.7. The highest BCUT2D eigenvalue weighted by Gasteiger charge is 2.24. The number of hydrogen-bond donors (Lipinski definition) is 0. The Bertz CT molecular complexity index is 3870. The number of benzene rings is 10. The van der Waals surface area contributed by atoms with Crippen molar-refractivity contribution in [3.05, 3.63) is 218 Å². The highest BCUT2D eigenvalue weighted by atomic mass is 32.1. The van der Waals surface area contributed by atoms with Crippen LogP contribution in [0.5, 0.6) is 0 Å². The van der Waals surface area contributed by atoms with Crippen molar-refractivity contribution in [2.75, 3.05) is 4.90 Å². The van der Waals surface area contributed by atoms with E-state index >= 15 is 0 Å². The maximum Gasteiger partial charge on any atom is 0.0647 e. The zero-order chi connectivity index (χ0) is 40.7. The van der Waals surface area contributed by atoms with E-state index in [9.17, 15) is 0 Å². The average molecular weight is 825 g/mol. The predicted molar refractivity (Wildman–Crippen MR) is 270 cm³/mol. The summed E-state index contributed by atoms with van der Waals surface area (Å²) in [6.07, 6.45) is 0. The van der Waals surface area contributed by atoms with Gasteiger partial charge in [0, 0.05) is 52.8 Å². The van der Waals surface area contributed by atoms with Crippen molar-refractivity contribution in [2.45, 2.75) is 0 Å². The van der Waals surface area contributed by atoms with E-state index in [2.05, 4.69) is 228 Å². The highest BCUT2D eigenvalue weighted by Crippen LogP contribution is 2.51. The molecule has 0 spiro atoms. The molecule has 10 aromatic carbocycles. The second kappa shape index (κ2) is 14.0. The smallest absolute Gasteiger partial charge is 0.0647 e. The van der Waals surface area contributed by atoms with Gasteiger partial charge in [0.25, 0.3) is 0 Å². The summed E-state index contributed by atoms with van der Waals surface area (Å²) in [5.41, 5.74) is 11.9. The van der Waals surface area contributed by atoms with Crippen molar-refractivity contribution in [1.29, 1.82) is 0 Å². The van der Waals surface area contributed by atoms with E-state index in [1.807, 2.05) is 22.7 Å². The summed E-state index contributed by atoms with van der Waals surface area (Å²) < 4.78 is 7.56. The molecule has 62 heavy (non-hydrogen) atoms. The molecule has 0 atom stereocenters. The van der Waals surface area contributed by atoms with Crippen molar-refractivity contribution in [2.24, 2.45) is 0 Å². The number of anilines is 3. The molecule has 0 unspecified atom stereocenters. The summed E-state index contributed by atoms with van der Waals surface area (Å²) in [6, 6.07) is 80.5. The van der Waals surface area contributed by atoms with Crippen molar-refractivity contribution >= 4 is 113 Å². The topological polar surface area (TPSA) is 8.17 Å². The highest BCUT2D eigenvalue weighted by molar-refractivity contribution is 7.27. The van der Waals surface area contributed by atoms with E-state index in [-0.39, 0.29) is 0 Å². The third kappa shape index (κ3) is 5.47. The Balaban J connectivity index is 1.07. The van der Waals surface area contributed by atoms with E-state index in [1.54, 1.807) is 0 Å². The van der Waals surface area contributed by atoms with Gasteiger partial charge in [0.2, 0.25) is 0 Å². The van der Waals surface area contributed by atoms with Gasteiger partial charge in [-0.05, 0) is 94.4 Å². The number of nitrogens with zero attached hydrogens (tertiary/aromatic N) is 2. The van der Waals surface area contributed by atoms with Gasteiger partial charge in [0.15, 0.2) is 0 Å². The number of para-hydroxylation sites is 1. The fourth-order valence-corrected chi connectivity index (χ4v) is 12.1. The molecule has 0 bridgehead atoms. The van der Waals surface area contributed by atoms with E-state index in [4.69, 9.17) is 0 Å². The predicted octanol–water partition coefficient (Wildman–Crippen LogP) is 17.5. The number of thiophene rings is 2. The van der Waals surface area contributed by atoms with Crippen LogP contribution in [0.1, 0.15) is 0 Å².